The van der Waals surface area contributed by atoms with Gasteiger partial charge < -0.3 is 5.11 Å². The molecule has 3 rings (SSSR count). The van der Waals surface area contributed by atoms with Gasteiger partial charge in [0.1, 0.15) is 4.90 Å². The Morgan fingerprint density at radius 2 is 2.15 bits per heavy atom. The molecule has 1 aromatic heterocycles. The number of aryl methyl sites for hydroxylation is 1. The number of nitrogens with zero attached hydrogens (tertiary/aromatic N) is 1. The highest BCUT2D eigenvalue weighted by molar-refractivity contribution is 7.89. The third-order valence-electron chi connectivity index (χ3n) is 3.82. The van der Waals surface area contributed by atoms with Crippen molar-refractivity contribution in [3.63, 3.8) is 0 Å². The van der Waals surface area contributed by atoms with Gasteiger partial charge >= 0.3 is 0 Å². The van der Waals surface area contributed by atoms with Crippen LogP contribution in [-0.4, -0.2) is 37.0 Å². The molecule has 0 aliphatic carbocycles. The molecule has 1 atom stereocenters. The smallest absolute Gasteiger partial charge is 0.245 e. The van der Waals surface area contributed by atoms with E-state index >= 15 is 0 Å². The van der Waals surface area contributed by atoms with E-state index in [1.165, 1.54) is 15.6 Å². The molecule has 2 aromatic rings. The third kappa shape index (κ3) is 2.07. The first-order chi connectivity index (χ1) is 9.55. The molecule has 1 saturated heterocycles. The third-order valence-corrected chi connectivity index (χ3v) is 7.17. The number of rotatable bonds is 3. The molecule has 20 heavy (non-hydrogen) atoms. The van der Waals surface area contributed by atoms with Crippen LogP contribution in [0.1, 0.15) is 17.7 Å². The minimum absolute atomic E-state index is 0.111. The number of sulfonamides is 1. The average molecular weight is 311 g/mol. The number of benzene rings is 1. The van der Waals surface area contributed by atoms with Crippen LogP contribution in [0.4, 0.5) is 0 Å². The number of aliphatic hydroxyl groups is 1. The standard InChI is InChI=1S/C14H17NO3S2/c1-10-14(12-6-2-3-7-13(12)19-10)20(17,18)15-8-4-5-11(15)9-16/h2-3,6-7,11,16H,4-5,8-9H2,1H3/t11-/m1/s1. The molecular weight excluding hydrogens is 294 g/mol. The molecule has 0 bridgehead atoms. The predicted octanol–water partition coefficient (Wildman–Crippen LogP) is 2.36. The van der Waals surface area contributed by atoms with Gasteiger partial charge in [-0.1, -0.05) is 18.2 Å². The Labute approximate surface area is 122 Å². The fourth-order valence-corrected chi connectivity index (χ4v) is 6.34. The number of fused-ring (bicyclic) bond motifs is 1. The molecule has 1 fully saturated rings. The summed E-state index contributed by atoms with van der Waals surface area (Å²) in [5, 5.41) is 10.2. The number of aliphatic hydroxyl groups excluding tert-OH is 1. The van der Waals surface area contributed by atoms with Crippen molar-refractivity contribution in [3.8, 4) is 0 Å². The van der Waals surface area contributed by atoms with Gasteiger partial charge in [0.2, 0.25) is 10.0 Å². The van der Waals surface area contributed by atoms with Crippen LogP contribution in [0, 0.1) is 6.92 Å². The molecular formula is C14H17NO3S2. The summed E-state index contributed by atoms with van der Waals surface area (Å²) >= 11 is 1.50. The highest BCUT2D eigenvalue weighted by Crippen LogP contribution is 2.37. The van der Waals surface area contributed by atoms with Crippen molar-refractivity contribution in [2.24, 2.45) is 0 Å². The lowest BCUT2D eigenvalue weighted by Gasteiger charge is -2.22. The second-order valence-electron chi connectivity index (χ2n) is 5.08. The van der Waals surface area contributed by atoms with Crippen molar-refractivity contribution in [1.29, 1.82) is 0 Å². The van der Waals surface area contributed by atoms with E-state index in [0.717, 1.165) is 27.8 Å². The molecule has 0 saturated carbocycles. The highest BCUT2D eigenvalue weighted by Gasteiger charge is 2.37. The van der Waals surface area contributed by atoms with Crippen LogP contribution in [0.2, 0.25) is 0 Å². The Bertz CT molecular complexity index is 736. The second kappa shape index (κ2) is 5.11. The molecule has 1 aliphatic heterocycles. The van der Waals surface area contributed by atoms with Gasteiger partial charge in [-0.15, -0.1) is 11.3 Å². The van der Waals surface area contributed by atoms with E-state index in [4.69, 9.17) is 0 Å². The largest absolute Gasteiger partial charge is 0.395 e. The summed E-state index contributed by atoms with van der Waals surface area (Å²) in [6, 6.07) is 7.30. The maximum Gasteiger partial charge on any atom is 0.245 e. The molecule has 0 radical (unpaired) electrons. The fraction of sp³-hybridized carbons (Fsp3) is 0.429. The first-order valence-electron chi connectivity index (χ1n) is 6.66. The summed E-state index contributed by atoms with van der Waals surface area (Å²) in [6.07, 6.45) is 1.54. The van der Waals surface area contributed by atoms with Crippen molar-refractivity contribution >= 4 is 31.4 Å². The minimum atomic E-state index is -3.53. The summed E-state index contributed by atoms with van der Waals surface area (Å²) in [4.78, 5) is 1.23. The van der Waals surface area contributed by atoms with Crippen LogP contribution in [0.15, 0.2) is 29.2 Å². The molecule has 2 heterocycles. The summed E-state index contributed by atoms with van der Waals surface area (Å²) in [7, 11) is -3.53. The van der Waals surface area contributed by atoms with Crippen molar-refractivity contribution in [3.05, 3.63) is 29.1 Å². The number of hydrogen-bond acceptors (Lipinski definition) is 4. The van der Waals surface area contributed by atoms with E-state index in [0.29, 0.717) is 11.4 Å². The Morgan fingerprint density at radius 3 is 2.90 bits per heavy atom. The first-order valence-corrected chi connectivity index (χ1v) is 8.92. The molecule has 6 heteroatoms. The van der Waals surface area contributed by atoms with Crippen molar-refractivity contribution in [1.82, 2.24) is 4.31 Å². The van der Waals surface area contributed by atoms with E-state index < -0.39 is 10.0 Å². The van der Waals surface area contributed by atoms with Gasteiger partial charge in [-0.05, 0) is 25.8 Å². The van der Waals surface area contributed by atoms with Crippen molar-refractivity contribution in [2.45, 2.75) is 30.7 Å². The van der Waals surface area contributed by atoms with E-state index in [9.17, 15) is 13.5 Å². The monoisotopic (exact) mass is 311 g/mol. The van der Waals surface area contributed by atoms with E-state index in [1.54, 1.807) is 0 Å². The Morgan fingerprint density at radius 1 is 1.40 bits per heavy atom. The zero-order valence-electron chi connectivity index (χ0n) is 11.2. The van der Waals surface area contributed by atoms with Crippen LogP contribution in [0.25, 0.3) is 10.1 Å². The van der Waals surface area contributed by atoms with Crippen molar-refractivity contribution in [2.75, 3.05) is 13.2 Å². The quantitative estimate of drug-likeness (QED) is 0.946. The highest BCUT2D eigenvalue weighted by atomic mass is 32.2. The lowest BCUT2D eigenvalue weighted by atomic mass is 10.2. The number of hydrogen-bond donors (Lipinski definition) is 1. The minimum Gasteiger partial charge on any atom is -0.395 e. The van der Waals surface area contributed by atoms with E-state index in [1.807, 2.05) is 31.2 Å². The average Bonchev–Trinajstić information content (AvgIpc) is 3.01. The summed E-state index contributed by atoms with van der Waals surface area (Å²) in [6.45, 7) is 2.24. The molecule has 1 N–H and O–H groups in total. The Kier molecular flexibility index (Phi) is 3.58. The molecule has 0 amide bonds. The fourth-order valence-electron chi connectivity index (χ4n) is 2.89. The van der Waals surface area contributed by atoms with Gasteiger partial charge in [0.15, 0.2) is 0 Å². The second-order valence-corrected chi connectivity index (χ2v) is 8.16. The van der Waals surface area contributed by atoms with Crippen LogP contribution < -0.4 is 0 Å². The van der Waals surface area contributed by atoms with Crippen LogP contribution in [-0.2, 0) is 10.0 Å². The van der Waals surface area contributed by atoms with Gasteiger partial charge in [-0.25, -0.2) is 8.42 Å². The summed E-state index contributed by atoms with van der Waals surface area (Å²) in [5.41, 5.74) is 0. The van der Waals surface area contributed by atoms with Crippen LogP contribution in [0.5, 0.6) is 0 Å². The van der Waals surface area contributed by atoms with Crippen LogP contribution in [0.3, 0.4) is 0 Å². The van der Waals surface area contributed by atoms with Crippen molar-refractivity contribution < 1.29 is 13.5 Å². The van der Waals surface area contributed by atoms with Gasteiger partial charge in [-0.3, -0.25) is 0 Å². The maximum absolute atomic E-state index is 12.9. The van der Waals surface area contributed by atoms with E-state index in [2.05, 4.69) is 0 Å². The molecule has 108 valence electrons. The SMILES string of the molecule is Cc1sc2ccccc2c1S(=O)(=O)N1CCC[C@@H]1CO. The summed E-state index contributed by atoms with van der Waals surface area (Å²) < 4.78 is 28.3. The van der Waals surface area contributed by atoms with Gasteiger partial charge in [0, 0.05) is 27.5 Å². The van der Waals surface area contributed by atoms with Gasteiger partial charge in [-0.2, -0.15) is 4.31 Å². The van der Waals surface area contributed by atoms with Gasteiger partial charge in [0.05, 0.1) is 6.61 Å². The molecule has 1 aromatic carbocycles. The zero-order valence-corrected chi connectivity index (χ0v) is 12.9. The predicted molar refractivity (Wildman–Crippen MR) is 80.6 cm³/mol. The Balaban J connectivity index is 2.16. The van der Waals surface area contributed by atoms with Crippen LogP contribution >= 0.6 is 11.3 Å². The Hall–Kier alpha value is -0.950. The lowest BCUT2D eigenvalue weighted by Crippen LogP contribution is -2.37. The van der Waals surface area contributed by atoms with E-state index in [-0.39, 0.29) is 12.6 Å². The molecule has 0 unspecified atom stereocenters. The maximum atomic E-state index is 12.9. The lowest BCUT2D eigenvalue weighted by molar-refractivity contribution is 0.213. The topological polar surface area (TPSA) is 57.6 Å². The number of thiophene rings is 1. The zero-order chi connectivity index (χ0) is 14.3. The summed E-state index contributed by atoms with van der Waals surface area (Å²) in [5.74, 6) is 0. The normalized spacial score (nSPS) is 20.8. The molecule has 0 spiro atoms. The first kappa shape index (κ1) is 14.0. The molecule has 1 aliphatic rings. The van der Waals surface area contributed by atoms with Gasteiger partial charge in [0.25, 0.3) is 0 Å². The molecule has 4 nitrogen and oxygen atoms in total.